The fraction of sp³-hybridized carbons (Fsp3) is 0.538. The first-order valence-electron chi connectivity index (χ1n) is 5.65. The van der Waals surface area contributed by atoms with Gasteiger partial charge in [0.15, 0.2) is 11.6 Å². The lowest BCUT2D eigenvalue weighted by molar-refractivity contribution is 0.161. The van der Waals surface area contributed by atoms with E-state index in [9.17, 15) is 4.39 Å². The third-order valence-electron chi connectivity index (χ3n) is 3.26. The first-order chi connectivity index (χ1) is 8.19. The SMILES string of the molecule is COc1ccc(CC2(CCl)CCOC2)cc1F. The number of halogens is 2. The minimum atomic E-state index is -0.325. The summed E-state index contributed by atoms with van der Waals surface area (Å²) in [6.45, 7) is 1.40. The molecule has 1 saturated heterocycles. The second kappa shape index (κ2) is 5.23. The Morgan fingerprint density at radius 1 is 1.53 bits per heavy atom. The van der Waals surface area contributed by atoms with Crippen molar-refractivity contribution in [3.8, 4) is 5.75 Å². The van der Waals surface area contributed by atoms with Crippen molar-refractivity contribution in [3.63, 3.8) is 0 Å². The molecule has 1 heterocycles. The summed E-state index contributed by atoms with van der Waals surface area (Å²) in [6, 6.07) is 5.06. The molecular formula is C13H16ClFO2. The summed E-state index contributed by atoms with van der Waals surface area (Å²) < 4.78 is 23.9. The van der Waals surface area contributed by atoms with Crippen LogP contribution in [0.4, 0.5) is 4.39 Å². The van der Waals surface area contributed by atoms with Crippen molar-refractivity contribution in [1.82, 2.24) is 0 Å². The second-order valence-electron chi connectivity index (χ2n) is 4.58. The Kier molecular flexibility index (Phi) is 3.89. The highest BCUT2D eigenvalue weighted by Gasteiger charge is 2.34. The van der Waals surface area contributed by atoms with E-state index >= 15 is 0 Å². The number of hydrogen-bond acceptors (Lipinski definition) is 2. The molecule has 0 saturated carbocycles. The fourth-order valence-corrected chi connectivity index (χ4v) is 2.50. The summed E-state index contributed by atoms with van der Waals surface area (Å²) >= 11 is 6.01. The van der Waals surface area contributed by atoms with Gasteiger partial charge in [0.1, 0.15) is 0 Å². The average Bonchev–Trinajstić information content (AvgIpc) is 2.79. The molecule has 0 aromatic heterocycles. The topological polar surface area (TPSA) is 18.5 Å². The maximum absolute atomic E-state index is 13.6. The quantitative estimate of drug-likeness (QED) is 0.773. The molecule has 1 atom stereocenters. The zero-order chi connectivity index (χ0) is 12.3. The van der Waals surface area contributed by atoms with Crippen molar-refractivity contribution >= 4 is 11.6 Å². The first-order valence-corrected chi connectivity index (χ1v) is 6.19. The van der Waals surface area contributed by atoms with Gasteiger partial charge in [-0.05, 0) is 30.5 Å². The van der Waals surface area contributed by atoms with Gasteiger partial charge in [0, 0.05) is 17.9 Å². The van der Waals surface area contributed by atoms with Crippen molar-refractivity contribution in [2.75, 3.05) is 26.2 Å². The van der Waals surface area contributed by atoms with E-state index in [4.69, 9.17) is 21.1 Å². The van der Waals surface area contributed by atoms with Gasteiger partial charge >= 0.3 is 0 Å². The summed E-state index contributed by atoms with van der Waals surface area (Å²) in [5, 5.41) is 0. The summed E-state index contributed by atoms with van der Waals surface area (Å²) in [5.41, 5.74) is 0.900. The largest absolute Gasteiger partial charge is 0.494 e. The molecule has 2 nitrogen and oxygen atoms in total. The van der Waals surface area contributed by atoms with Gasteiger partial charge in [0.2, 0.25) is 0 Å². The molecule has 0 bridgehead atoms. The van der Waals surface area contributed by atoms with E-state index in [-0.39, 0.29) is 17.0 Å². The Morgan fingerprint density at radius 3 is 2.88 bits per heavy atom. The van der Waals surface area contributed by atoms with Crippen LogP contribution >= 0.6 is 11.6 Å². The lowest BCUT2D eigenvalue weighted by Gasteiger charge is -2.24. The van der Waals surface area contributed by atoms with Gasteiger partial charge in [-0.1, -0.05) is 6.07 Å². The van der Waals surface area contributed by atoms with E-state index in [0.29, 0.717) is 12.5 Å². The van der Waals surface area contributed by atoms with Gasteiger partial charge in [-0.3, -0.25) is 0 Å². The van der Waals surface area contributed by atoms with Gasteiger partial charge in [0.05, 0.1) is 13.7 Å². The standard InChI is InChI=1S/C13H16ClFO2/c1-16-12-3-2-10(6-11(12)15)7-13(8-14)4-5-17-9-13/h2-3,6H,4-5,7-9H2,1H3. The van der Waals surface area contributed by atoms with Gasteiger partial charge in [0.25, 0.3) is 0 Å². The van der Waals surface area contributed by atoms with E-state index in [1.807, 2.05) is 6.07 Å². The highest BCUT2D eigenvalue weighted by Crippen LogP contribution is 2.34. The van der Waals surface area contributed by atoms with Crippen molar-refractivity contribution in [2.45, 2.75) is 12.8 Å². The molecule has 1 unspecified atom stereocenters. The third kappa shape index (κ3) is 2.72. The molecule has 2 rings (SSSR count). The van der Waals surface area contributed by atoms with E-state index in [0.717, 1.165) is 25.0 Å². The maximum Gasteiger partial charge on any atom is 0.165 e. The van der Waals surface area contributed by atoms with Gasteiger partial charge in [-0.25, -0.2) is 4.39 Å². The Hall–Kier alpha value is -0.800. The Morgan fingerprint density at radius 2 is 2.35 bits per heavy atom. The van der Waals surface area contributed by atoms with Crippen molar-refractivity contribution < 1.29 is 13.9 Å². The Bertz CT molecular complexity index is 389. The highest BCUT2D eigenvalue weighted by molar-refractivity contribution is 6.18. The summed E-state index contributed by atoms with van der Waals surface area (Å²) in [4.78, 5) is 0. The van der Waals surface area contributed by atoms with Crippen LogP contribution in [-0.4, -0.2) is 26.2 Å². The first kappa shape index (κ1) is 12.7. The molecule has 0 aliphatic carbocycles. The molecule has 0 spiro atoms. The molecule has 0 N–H and O–H groups in total. The number of hydrogen-bond donors (Lipinski definition) is 0. The number of alkyl halides is 1. The maximum atomic E-state index is 13.6. The molecule has 4 heteroatoms. The van der Waals surface area contributed by atoms with Crippen LogP contribution in [0.1, 0.15) is 12.0 Å². The second-order valence-corrected chi connectivity index (χ2v) is 4.85. The molecule has 17 heavy (non-hydrogen) atoms. The minimum absolute atomic E-state index is 0.0391. The van der Waals surface area contributed by atoms with Crippen molar-refractivity contribution in [3.05, 3.63) is 29.6 Å². The van der Waals surface area contributed by atoms with Crippen LogP contribution in [0.2, 0.25) is 0 Å². The van der Waals surface area contributed by atoms with Crippen LogP contribution in [0.25, 0.3) is 0 Å². The normalized spacial score (nSPS) is 23.9. The van der Waals surface area contributed by atoms with Gasteiger partial charge in [-0.2, -0.15) is 0 Å². The smallest absolute Gasteiger partial charge is 0.165 e. The van der Waals surface area contributed by atoms with Crippen LogP contribution < -0.4 is 4.74 Å². The Balaban J connectivity index is 2.15. The zero-order valence-electron chi connectivity index (χ0n) is 9.84. The average molecular weight is 259 g/mol. The van der Waals surface area contributed by atoms with E-state index in [1.54, 1.807) is 6.07 Å². The summed E-state index contributed by atoms with van der Waals surface area (Å²) in [7, 11) is 1.46. The van der Waals surface area contributed by atoms with Crippen LogP contribution in [0.5, 0.6) is 5.75 Å². The Labute approximate surface area is 106 Å². The fourth-order valence-electron chi connectivity index (χ4n) is 2.19. The number of rotatable bonds is 4. The van der Waals surface area contributed by atoms with Gasteiger partial charge in [-0.15, -0.1) is 11.6 Å². The number of ether oxygens (including phenoxy) is 2. The molecule has 1 aromatic carbocycles. The van der Waals surface area contributed by atoms with Crippen molar-refractivity contribution in [1.29, 1.82) is 0 Å². The molecule has 0 amide bonds. The predicted molar refractivity (Wildman–Crippen MR) is 65.2 cm³/mol. The molecule has 1 aromatic rings. The summed E-state index contributed by atoms with van der Waals surface area (Å²) in [5.74, 6) is 0.491. The van der Waals surface area contributed by atoms with Crippen LogP contribution in [0.15, 0.2) is 18.2 Å². The van der Waals surface area contributed by atoms with E-state index in [2.05, 4.69) is 0 Å². The molecular weight excluding hydrogens is 243 g/mol. The molecule has 1 fully saturated rings. The summed E-state index contributed by atoms with van der Waals surface area (Å²) in [6.07, 6.45) is 1.68. The minimum Gasteiger partial charge on any atom is -0.494 e. The van der Waals surface area contributed by atoms with E-state index in [1.165, 1.54) is 13.2 Å². The zero-order valence-corrected chi connectivity index (χ0v) is 10.6. The molecule has 1 aliphatic rings. The van der Waals surface area contributed by atoms with Gasteiger partial charge < -0.3 is 9.47 Å². The highest BCUT2D eigenvalue weighted by atomic mass is 35.5. The predicted octanol–water partition coefficient (Wildman–Crippen LogP) is 3.02. The van der Waals surface area contributed by atoms with Crippen LogP contribution in [-0.2, 0) is 11.2 Å². The van der Waals surface area contributed by atoms with E-state index < -0.39 is 0 Å². The van der Waals surface area contributed by atoms with Crippen LogP contribution in [0.3, 0.4) is 0 Å². The number of benzene rings is 1. The van der Waals surface area contributed by atoms with Crippen molar-refractivity contribution in [2.24, 2.45) is 5.41 Å². The lowest BCUT2D eigenvalue weighted by Crippen LogP contribution is -2.26. The van der Waals surface area contributed by atoms with Crippen LogP contribution in [0, 0.1) is 11.2 Å². The molecule has 94 valence electrons. The molecule has 0 radical (unpaired) electrons. The molecule has 1 aliphatic heterocycles. The number of methoxy groups -OCH3 is 1. The lowest BCUT2D eigenvalue weighted by atomic mass is 9.83. The monoisotopic (exact) mass is 258 g/mol. The third-order valence-corrected chi connectivity index (χ3v) is 3.83.